The largest absolute Gasteiger partial charge is 0.497 e. The van der Waals surface area contributed by atoms with Gasteiger partial charge in [-0.1, -0.05) is 30.3 Å². The standard InChI is InChI=1S/C17H17NO4/c1-20-13-8-10-14(11-9-13)22-16(17(19)21-2)15(18)12-6-4-3-5-7-12/h3-11H,18H2,1-2H3. The zero-order valence-electron chi connectivity index (χ0n) is 12.4. The van der Waals surface area contributed by atoms with Crippen molar-refractivity contribution in [1.82, 2.24) is 0 Å². The molecule has 2 aromatic rings. The lowest BCUT2D eigenvalue weighted by atomic mass is 10.1. The second-order valence-corrected chi connectivity index (χ2v) is 4.38. The van der Waals surface area contributed by atoms with E-state index in [1.54, 1.807) is 43.5 Å². The van der Waals surface area contributed by atoms with Gasteiger partial charge in [0.2, 0.25) is 5.76 Å². The molecule has 2 N–H and O–H groups in total. The van der Waals surface area contributed by atoms with Gasteiger partial charge in [-0.15, -0.1) is 0 Å². The SMILES string of the molecule is COC(=O)C(Oc1ccc(OC)cc1)=C(N)c1ccccc1. The van der Waals surface area contributed by atoms with Gasteiger partial charge in [-0.2, -0.15) is 0 Å². The fraction of sp³-hybridized carbons (Fsp3) is 0.118. The summed E-state index contributed by atoms with van der Waals surface area (Å²) >= 11 is 0. The van der Waals surface area contributed by atoms with E-state index in [-0.39, 0.29) is 11.5 Å². The minimum atomic E-state index is -0.642. The van der Waals surface area contributed by atoms with Crippen LogP contribution in [0.1, 0.15) is 5.56 Å². The van der Waals surface area contributed by atoms with Crippen molar-refractivity contribution < 1.29 is 19.0 Å². The summed E-state index contributed by atoms with van der Waals surface area (Å²) in [4.78, 5) is 11.9. The highest BCUT2D eigenvalue weighted by Gasteiger charge is 2.18. The molecular weight excluding hydrogens is 282 g/mol. The molecule has 0 amide bonds. The average Bonchev–Trinajstić information content (AvgIpc) is 2.59. The van der Waals surface area contributed by atoms with Crippen molar-refractivity contribution in [3.8, 4) is 11.5 Å². The van der Waals surface area contributed by atoms with Crippen LogP contribution >= 0.6 is 0 Å². The van der Waals surface area contributed by atoms with Gasteiger partial charge >= 0.3 is 5.97 Å². The van der Waals surface area contributed by atoms with Crippen LogP contribution in [0.4, 0.5) is 0 Å². The molecule has 2 aromatic carbocycles. The van der Waals surface area contributed by atoms with E-state index in [0.29, 0.717) is 17.1 Å². The molecule has 114 valence electrons. The smallest absolute Gasteiger partial charge is 0.376 e. The summed E-state index contributed by atoms with van der Waals surface area (Å²) in [6.07, 6.45) is 0. The summed E-state index contributed by atoms with van der Waals surface area (Å²) < 4.78 is 15.4. The molecule has 0 aromatic heterocycles. The van der Waals surface area contributed by atoms with Gasteiger partial charge in [0.25, 0.3) is 0 Å². The van der Waals surface area contributed by atoms with Crippen molar-refractivity contribution in [1.29, 1.82) is 0 Å². The Hall–Kier alpha value is -2.95. The zero-order valence-corrected chi connectivity index (χ0v) is 12.4. The summed E-state index contributed by atoms with van der Waals surface area (Å²) in [7, 11) is 2.85. The topological polar surface area (TPSA) is 70.8 Å². The number of carbonyl (C=O) groups excluding carboxylic acids is 1. The number of methoxy groups -OCH3 is 2. The summed E-state index contributed by atoms with van der Waals surface area (Å²) in [5, 5.41) is 0. The predicted molar refractivity (Wildman–Crippen MR) is 83.2 cm³/mol. The van der Waals surface area contributed by atoms with E-state index in [1.165, 1.54) is 7.11 Å². The Morgan fingerprint density at radius 3 is 2.05 bits per heavy atom. The Morgan fingerprint density at radius 1 is 0.909 bits per heavy atom. The molecule has 5 heteroatoms. The molecule has 22 heavy (non-hydrogen) atoms. The molecule has 0 atom stereocenters. The Balaban J connectivity index is 2.35. The maximum absolute atomic E-state index is 11.9. The Morgan fingerprint density at radius 2 is 1.50 bits per heavy atom. The highest BCUT2D eigenvalue weighted by Crippen LogP contribution is 2.22. The monoisotopic (exact) mass is 299 g/mol. The van der Waals surface area contributed by atoms with Crippen molar-refractivity contribution in [2.24, 2.45) is 5.73 Å². The Bertz CT molecular complexity index is 663. The van der Waals surface area contributed by atoms with Crippen molar-refractivity contribution in [2.45, 2.75) is 0 Å². The maximum Gasteiger partial charge on any atom is 0.376 e. The van der Waals surface area contributed by atoms with Crippen LogP contribution < -0.4 is 15.2 Å². The van der Waals surface area contributed by atoms with E-state index < -0.39 is 5.97 Å². The van der Waals surface area contributed by atoms with Crippen molar-refractivity contribution >= 4 is 11.7 Å². The van der Waals surface area contributed by atoms with Crippen molar-refractivity contribution in [2.75, 3.05) is 14.2 Å². The molecule has 0 radical (unpaired) electrons. The summed E-state index contributed by atoms with van der Waals surface area (Å²) in [6, 6.07) is 15.9. The number of hydrogen-bond acceptors (Lipinski definition) is 5. The molecule has 0 fully saturated rings. The van der Waals surface area contributed by atoms with Gasteiger partial charge in [0.15, 0.2) is 0 Å². The number of ether oxygens (including phenoxy) is 3. The van der Waals surface area contributed by atoms with E-state index in [4.69, 9.17) is 19.9 Å². The molecule has 0 heterocycles. The molecule has 0 aliphatic carbocycles. The molecule has 0 saturated carbocycles. The van der Waals surface area contributed by atoms with Crippen LogP contribution in [0.3, 0.4) is 0 Å². The second kappa shape index (κ2) is 7.17. The predicted octanol–water partition coefficient (Wildman–Crippen LogP) is 2.57. The van der Waals surface area contributed by atoms with Crippen LogP contribution in [0.15, 0.2) is 60.4 Å². The number of benzene rings is 2. The van der Waals surface area contributed by atoms with E-state index in [9.17, 15) is 4.79 Å². The summed E-state index contributed by atoms with van der Waals surface area (Å²) in [5.74, 6) is 0.447. The molecule has 0 spiro atoms. The normalized spacial score (nSPS) is 11.4. The van der Waals surface area contributed by atoms with Gasteiger partial charge in [0.05, 0.1) is 19.9 Å². The highest BCUT2D eigenvalue weighted by atomic mass is 16.6. The Kier molecular flexibility index (Phi) is 5.03. The van der Waals surface area contributed by atoms with Crippen LogP contribution in [0.5, 0.6) is 11.5 Å². The van der Waals surface area contributed by atoms with Gasteiger partial charge in [-0.05, 0) is 24.3 Å². The quantitative estimate of drug-likeness (QED) is 0.522. The van der Waals surface area contributed by atoms with E-state index in [1.807, 2.05) is 18.2 Å². The third kappa shape index (κ3) is 3.58. The molecule has 0 aliphatic heterocycles. The highest BCUT2D eigenvalue weighted by molar-refractivity contribution is 5.95. The van der Waals surface area contributed by atoms with Crippen LogP contribution in [-0.4, -0.2) is 20.2 Å². The second-order valence-electron chi connectivity index (χ2n) is 4.38. The number of rotatable bonds is 5. The lowest BCUT2D eigenvalue weighted by Crippen LogP contribution is -2.17. The first-order valence-corrected chi connectivity index (χ1v) is 6.61. The van der Waals surface area contributed by atoms with Crippen LogP contribution in [0, 0.1) is 0 Å². The van der Waals surface area contributed by atoms with Crippen LogP contribution in [0.2, 0.25) is 0 Å². The van der Waals surface area contributed by atoms with E-state index in [2.05, 4.69) is 0 Å². The first-order valence-electron chi connectivity index (χ1n) is 6.61. The average molecular weight is 299 g/mol. The third-order valence-corrected chi connectivity index (χ3v) is 2.98. The number of carbonyl (C=O) groups is 1. The molecule has 0 saturated heterocycles. The Labute approximate surface area is 128 Å². The lowest BCUT2D eigenvalue weighted by molar-refractivity contribution is -0.138. The van der Waals surface area contributed by atoms with Crippen molar-refractivity contribution in [3.05, 3.63) is 65.9 Å². The van der Waals surface area contributed by atoms with E-state index in [0.717, 1.165) is 0 Å². The van der Waals surface area contributed by atoms with Gasteiger partial charge in [-0.3, -0.25) is 0 Å². The minimum absolute atomic E-state index is 0.0566. The van der Waals surface area contributed by atoms with Crippen LogP contribution in [0.25, 0.3) is 5.70 Å². The summed E-state index contributed by atoms with van der Waals surface area (Å²) in [6.45, 7) is 0. The lowest BCUT2D eigenvalue weighted by Gasteiger charge is -2.12. The van der Waals surface area contributed by atoms with Gasteiger partial charge < -0.3 is 19.9 Å². The van der Waals surface area contributed by atoms with E-state index >= 15 is 0 Å². The van der Waals surface area contributed by atoms with Crippen molar-refractivity contribution in [3.63, 3.8) is 0 Å². The summed E-state index contributed by atoms with van der Waals surface area (Å²) in [5.41, 5.74) is 6.94. The maximum atomic E-state index is 11.9. The molecule has 2 rings (SSSR count). The first kappa shape index (κ1) is 15.4. The molecule has 0 aliphatic rings. The molecule has 0 unspecified atom stereocenters. The number of hydrogen-bond donors (Lipinski definition) is 1. The molecule has 5 nitrogen and oxygen atoms in total. The fourth-order valence-electron chi connectivity index (χ4n) is 1.81. The zero-order chi connectivity index (χ0) is 15.9. The van der Waals surface area contributed by atoms with Gasteiger partial charge in [0, 0.05) is 5.56 Å². The molecular formula is C17H17NO4. The fourth-order valence-corrected chi connectivity index (χ4v) is 1.81. The van der Waals surface area contributed by atoms with Gasteiger partial charge in [-0.25, -0.2) is 4.79 Å². The number of esters is 1. The first-order chi connectivity index (χ1) is 10.7. The minimum Gasteiger partial charge on any atom is -0.497 e. The molecule has 0 bridgehead atoms. The number of nitrogens with two attached hydrogens (primary N) is 1. The van der Waals surface area contributed by atoms with Gasteiger partial charge in [0.1, 0.15) is 11.5 Å². The third-order valence-electron chi connectivity index (χ3n) is 2.98. The van der Waals surface area contributed by atoms with Crippen LogP contribution in [-0.2, 0) is 9.53 Å².